The topological polar surface area (TPSA) is 129 Å². The molecule has 0 atom stereocenters. The molecular formula is C17H28N4O6S. The Morgan fingerprint density at radius 1 is 1.14 bits per heavy atom. The number of nitrogens with one attached hydrogen (secondary N) is 2. The Labute approximate surface area is 164 Å². The fourth-order valence-corrected chi connectivity index (χ4v) is 4.31. The molecule has 0 radical (unpaired) electrons. The van der Waals surface area contributed by atoms with E-state index in [1.54, 1.807) is 18.5 Å². The van der Waals surface area contributed by atoms with Crippen LogP contribution < -0.4 is 10.6 Å². The Morgan fingerprint density at radius 2 is 1.75 bits per heavy atom. The maximum Gasteiger partial charge on any atom is 0.314 e. The molecule has 10 nitrogen and oxygen atoms in total. The summed E-state index contributed by atoms with van der Waals surface area (Å²) in [5.74, 6) is -1.95. The first-order valence-electron chi connectivity index (χ1n) is 9.12. The minimum atomic E-state index is -3.30. The smallest absolute Gasteiger partial charge is 0.314 e. The quantitative estimate of drug-likeness (QED) is 0.490. The summed E-state index contributed by atoms with van der Waals surface area (Å²) in [5, 5.41) is 9.33. The van der Waals surface area contributed by atoms with E-state index in [4.69, 9.17) is 9.47 Å². The number of amides is 2. The number of aromatic nitrogens is 2. The molecule has 0 aliphatic carbocycles. The number of carbonyl (C=O) groups is 2. The standard InChI is InChI=1S/C17H28N4O6S/c1-6-26-13(27-7-2)8-18-15(22)16(23)19-14-11-9-28(24,25)10-12(11)20-21(14)17(3,4)5/h13H,6-10H2,1-5H3,(H,18,22)(H,19,23). The SMILES string of the molecule is CCOC(CNC(=O)C(=O)Nc1c2c(nn1C(C)(C)C)CS(=O)(=O)C2)OCC. The van der Waals surface area contributed by atoms with E-state index in [1.807, 2.05) is 20.8 Å². The molecule has 2 rings (SSSR count). The second kappa shape index (κ2) is 8.58. The fourth-order valence-electron chi connectivity index (χ4n) is 2.81. The first-order chi connectivity index (χ1) is 13.0. The number of anilines is 1. The molecule has 0 saturated carbocycles. The zero-order valence-electron chi connectivity index (χ0n) is 16.9. The highest BCUT2D eigenvalue weighted by molar-refractivity contribution is 7.90. The second-order valence-corrected chi connectivity index (χ2v) is 9.46. The summed E-state index contributed by atoms with van der Waals surface area (Å²) >= 11 is 0. The van der Waals surface area contributed by atoms with Gasteiger partial charge in [-0.05, 0) is 34.6 Å². The van der Waals surface area contributed by atoms with Crippen LogP contribution in [-0.2, 0) is 45.9 Å². The molecule has 1 aromatic rings. The summed E-state index contributed by atoms with van der Waals surface area (Å²) < 4.78 is 36.0. The first kappa shape index (κ1) is 22.3. The Morgan fingerprint density at radius 3 is 2.29 bits per heavy atom. The Hall–Kier alpha value is -1.98. The Balaban J connectivity index is 2.14. The average molecular weight is 417 g/mol. The van der Waals surface area contributed by atoms with Gasteiger partial charge in [-0.3, -0.25) is 9.59 Å². The van der Waals surface area contributed by atoms with Gasteiger partial charge in [0.25, 0.3) is 0 Å². The molecular weight excluding hydrogens is 388 g/mol. The van der Waals surface area contributed by atoms with Gasteiger partial charge in [0, 0.05) is 18.8 Å². The van der Waals surface area contributed by atoms with Crippen LogP contribution in [0, 0.1) is 0 Å². The second-order valence-electron chi connectivity index (χ2n) is 7.39. The molecule has 1 aromatic heterocycles. The molecule has 0 bridgehead atoms. The van der Waals surface area contributed by atoms with Crippen molar-refractivity contribution in [2.75, 3.05) is 25.1 Å². The summed E-state index contributed by atoms with van der Waals surface area (Å²) in [6.07, 6.45) is -0.652. The van der Waals surface area contributed by atoms with Gasteiger partial charge in [0.15, 0.2) is 16.1 Å². The summed E-state index contributed by atoms with van der Waals surface area (Å²) in [4.78, 5) is 24.6. The number of fused-ring (bicyclic) bond motifs is 1. The van der Waals surface area contributed by atoms with Crippen molar-refractivity contribution >= 4 is 27.5 Å². The first-order valence-corrected chi connectivity index (χ1v) is 10.9. The zero-order valence-corrected chi connectivity index (χ0v) is 17.7. The third-order valence-corrected chi connectivity index (χ3v) is 5.44. The Bertz CT molecular complexity index is 835. The van der Waals surface area contributed by atoms with Gasteiger partial charge < -0.3 is 20.1 Å². The highest BCUT2D eigenvalue weighted by Gasteiger charge is 2.35. The van der Waals surface area contributed by atoms with Crippen molar-refractivity contribution in [1.29, 1.82) is 0 Å². The van der Waals surface area contributed by atoms with Crippen molar-refractivity contribution in [3.8, 4) is 0 Å². The molecule has 0 saturated heterocycles. The minimum Gasteiger partial charge on any atom is -0.351 e. The van der Waals surface area contributed by atoms with Crippen LogP contribution in [0.5, 0.6) is 0 Å². The molecule has 0 aromatic carbocycles. The predicted octanol–water partition coefficient (Wildman–Crippen LogP) is 0.520. The van der Waals surface area contributed by atoms with E-state index in [0.717, 1.165) is 0 Å². The zero-order chi connectivity index (χ0) is 21.1. The minimum absolute atomic E-state index is 0.0128. The third kappa shape index (κ3) is 5.30. The monoisotopic (exact) mass is 416 g/mol. The predicted molar refractivity (Wildman–Crippen MR) is 102 cm³/mol. The maximum atomic E-state index is 12.4. The van der Waals surface area contributed by atoms with Gasteiger partial charge >= 0.3 is 11.8 Å². The van der Waals surface area contributed by atoms with Crippen LogP contribution in [-0.4, -0.2) is 56.1 Å². The van der Waals surface area contributed by atoms with Gasteiger partial charge in [-0.2, -0.15) is 5.10 Å². The third-order valence-electron chi connectivity index (χ3n) is 4.00. The molecule has 11 heteroatoms. The molecule has 28 heavy (non-hydrogen) atoms. The van der Waals surface area contributed by atoms with Crippen molar-refractivity contribution in [2.45, 2.75) is 58.0 Å². The highest BCUT2D eigenvalue weighted by atomic mass is 32.2. The van der Waals surface area contributed by atoms with Gasteiger partial charge in [-0.1, -0.05) is 0 Å². The molecule has 2 heterocycles. The summed E-state index contributed by atoms with van der Waals surface area (Å²) in [5.41, 5.74) is 0.318. The van der Waals surface area contributed by atoms with Crippen LogP contribution >= 0.6 is 0 Å². The summed E-state index contributed by atoms with van der Waals surface area (Å²) in [6.45, 7) is 10.0. The number of rotatable bonds is 7. The maximum absolute atomic E-state index is 12.4. The summed E-state index contributed by atoms with van der Waals surface area (Å²) in [7, 11) is -3.30. The van der Waals surface area contributed by atoms with E-state index in [2.05, 4.69) is 15.7 Å². The lowest BCUT2D eigenvalue weighted by atomic mass is 10.1. The summed E-state index contributed by atoms with van der Waals surface area (Å²) in [6, 6.07) is 0. The number of hydrogen-bond acceptors (Lipinski definition) is 7. The molecule has 158 valence electrons. The number of carbonyl (C=O) groups excluding carboxylic acids is 2. The van der Waals surface area contributed by atoms with Gasteiger partial charge in [-0.25, -0.2) is 13.1 Å². The normalized spacial score (nSPS) is 15.5. The largest absolute Gasteiger partial charge is 0.351 e. The van der Waals surface area contributed by atoms with E-state index < -0.39 is 33.5 Å². The lowest BCUT2D eigenvalue weighted by Crippen LogP contribution is -2.42. The van der Waals surface area contributed by atoms with Crippen molar-refractivity contribution in [2.24, 2.45) is 0 Å². The number of ether oxygens (including phenoxy) is 2. The van der Waals surface area contributed by atoms with Crippen LogP contribution in [0.1, 0.15) is 45.9 Å². The average Bonchev–Trinajstić information content (AvgIpc) is 3.05. The van der Waals surface area contributed by atoms with Crippen molar-refractivity contribution in [3.63, 3.8) is 0 Å². The fraction of sp³-hybridized carbons (Fsp3) is 0.706. The number of sulfone groups is 1. The highest BCUT2D eigenvalue weighted by Crippen LogP contribution is 2.34. The molecule has 1 aliphatic heterocycles. The molecule has 0 spiro atoms. The van der Waals surface area contributed by atoms with E-state index in [9.17, 15) is 18.0 Å². The lowest BCUT2D eigenvalue weighted by Gasteiger charge is -2.23. The van der Waals surface area contributed by atoms with Crippen molar-refractivity contribution in [1.82, 2.24) is 15.1 Å². The number of nitrogens with zero attached hydrogens (tertiary/aromatic N) is 2. The van der Waals surface area contributed by atoms with E-state index in [1.165, 1.54) is 0 Å². The van der Waals surface area contributed by atoms with Crippen LogP contribution in [0.3, 0.4) is 0 Å². The van der Waals surface area contributed by atoms with Gasteiger partial charge in [0.1, 0.15) is 5.82 Å². The molecule has 2 amide bonds. The molecule has 2 N–H and O–H groups in total. The van der Waals surface area contributed by atoms with E-state index in [0.29, 0.717) is 24.5 Å². The molecule has 0 unspecified atom stereocenters. The van der Waals surface area contributed by atoms with Crippen LogP contribution in [0.4, 0.5) is 5.82 Å². The van der Waals surface area contributed by atoms with E-state index >= 15 is 0 Å². The Kier molecular flexibility index (Phi) is 6.84. The van der Waals surface area contributed by atoms with E-state index in [-0.39, 0.29) is 23.9 Å². The van der Waals surface area contributed by atoms with Gasteiger partial charge in [-0.15, -0.1) is 0 Å². The molecule has 1 aliphatic rings. The molecule has 0 fully saturated rings. The van der Waals surface area contributed by atoms with Crippen LogP contribution in [0.25, 0.3) is 0 Å². The van der Waals surface area contributed by atoms with Gasteiger partial charge in [0.2, 0.25) is 0 Å². The van der Waals surface area contributed by atoms with Crippen LogP contribution in [0.15, 0.2) is 0 Å². The van der Waals surface area contributed by atoms with Gasteiger partial charge in [0.05, 0.1) is 29.3 Å². The van der Waals surface area contributed by atoms with Crippen LogP contribution in [0.2, 0.25) is 0 Å². The van der Waals surface area contributed by atoms with Crippen molar-refractivity contribution < 1.29 is 27.5 Å². The lowest BCUT2D eigenvalue weighted by molar-refractivity contribution is -0.145. The van der Waals surface area contributed by atoms with Crippen molar-refractivity contribution in [3.05, 3.63) is 11.3 Å². The number of hydrogen-bond donors (Lipinski definition) is 2.